The predicted octanol–water partition coefficient (Wildman–Crippen LogP) is 5.87. The Balaban J connectivity index is 2.12. The summed E-state index contributed by atoms with van der Waals surface area (Å²) in [6, 6.07) is 16.0. The molecule has 0 saturated carbocycles. The first-order valence-corrected chi connectivity index (χ1v) is 10.3. The van der Waals surface area contributed by atoms with E-state index in [2.05, 4.69) is 38.2 Å². The van der Waals surface area contributed by atoms with Gasteiger partial charge in [0.05, 0.1) is 0 Å². The number of anilines is 2. The van der Waals surface area contributed by atoms with E-state index in [4.69, 9.17) is 4.74 Å². The Morgan fingerprint density at radius 2 is 1.67 bits per heavy atom. The normalized spacial score (nSPS) is 20.3. The molecule has 2 aromatic rings. The van der Waals surface area contributed by atoms with Crippen molar-refractivity contribution in [3.63, 3.8) is 0 Å². The third-order valence-corrected chi connectivity index (χ3v) is 5.59. The van der Waals surface area contributed by atoms with E-state index < -0.39 is 11.7 Å². The topological polar surface area (TPSA) is 58.6 Å². The van der Waals surface area contributed by atoms with Crippen LogP contribution in [0.2, 0.25) is 0 Å². The van der Waals surface area contributed by atoms with Crippen LogP contribution in [0.3, 0.4) is 0 Å². The van der Waals surface area contributed by atoms with Crippen LogP contribution in [0, 0.1) is 0 Å². The van der Waals surface area contributed by atoms with Gasteiger partial charge in [0.25, 0.3) is 0 Å². The fraction of sp³-hybridized carbons (Fsp3) is 0.440. The SMILES string of the molecule is CC(=O)N1c2ccc(NC(=O)OC(C)(C)C)cc2C(C)(c2ccccc2)CC1(C)C. The molecule has 1 heterocycles. The number of nitrogens with one attached hydrogen (secondary N) is 1. The van der Waals surface area contributed by atoms with Crippen molar-refractivity contribution in [3.8, 4) is 0 Å². The number of carbonyl (C=O) groups excluding carboxylic acids is 2. The maximum absolute atomic E-state index is 12.6. The highest BCUT2D eigenvalue weighted by Crippen LogP contribution is 2.51. The number of hydrogen-bond donors (Lipinski definition) is 1. The number of carbonyl (C=O) groups is 2. The second-order valence-corrected chi connectivity index (χ2v) is 9.90. The number of benzene rings is 2. The van der Waals surface area contributed by atoms with Crippen molar-refractivity contribution in [1.82, 2.24) is 0 Å². The Labute approximate surface area is 179 Å². The van der Waals surface area contributed by atoms with Crippen molar-refractivity contribution in [2.75, 3.05) is 10.2 Å². The van der Waals surface area contributed by atoms with Gasteiger partial charge in [0.2, 0.25) is 5.91 Å². The molecule has 3 rings (SSSR count). The largest absolute Gasteiger partial charge is 0.444 e. The van der Waals surface area contributed by atoms with E-state index in [0.29, 0.717) is 5.69 Å². The molecular formula is C25H32N2O3. The van der Waals surface area contributed by atoms with Gasteiger partial charge >= 0.3 is 6.09 Å². The first-order chi connectivity index (χ1) is 13.8. The minimum absolute atomic E-state index is 0.00390. The molecule has 1 atom stereocenters. The summed E-state index contributed by atoms with van der Waals surface area (Å²) < 4.78 is 5.40. The summed E-state index contributed by atoms with van der Waals surface area (Å²) >= 11 is 0. The van der Waals surface area contributed by atoms with Crippen LogP contribution in [-0.2, 0) is 14.9 Å². The fourth-order valence-electron chi connectivity index (χ4n) is 4.70. The van der Waals surface area contributed by atoms with Crippen molar-refractivity contribution < 1.29 is 14.3 Å². The van der Waals surface area contributed by atoms with E-state index >= 15 is 0 Å². The van der Waals surface area contributed by atoms with Gasteiger partial charge in [0, 0.05) is 29.3 Å². The Bertz CT molecular complexity index is 960. The monoisotopic (exact) mass is 408 g/mol. The summed E-state index contributed by atoms with van der Waals surface area (Å²) in [5, 5.41) is 2.84. The van der Waals surface area contributed by atoms with Gasteiger partial charge in [-0.3, -0.25) is 10.1 Å². The van der Waals surface area contributed by atoms with Gasteiger partial charge in [-0.2, -0.15) is 0 Å². The van der Waals surface area contributed by atoms with Crippen molar-refractivity contribution in [1.29, 1.82) is 0 Å². The van der Waals surface area contributed by atoms with Crippen LogP contribution in [0.15, 0.2) is 48.5 Å². The molecule has 0 bridgehead atoms. The van der Waals surface area contributed by atoms with E-state index in [9.17, 15) is 9.59 Å². The van der Waals surface area contributed by atoms with E-state index in [1.807, 2.05) is 62.1 Å². The van der Waals surface area contributed by atoms with Crippen molar-refractivity contribution >= 4 is 23.4 Å². The smallest absolute Gasteiger partial charge is 0.412 e. The standard InChI is InChI=1S/C25H32N2O3/c1-17(28)27-21-14-13-19(26-22(29)30-23(2,3)4)15-20(21)25(7,16-24(27,5)6)18-11-9-8-10-12-18/h8-15H,16H2,1-7H3,(H,26,29). The highest BCUT2D eigenvalue weighted by Gasteiger charge is 2.47. The quantitative estimate of drug-likeness (QED) is 0.675. The van der Waals surface area contributed by atoms with Gasteiger partial charge in [-0.15, -0.1) is 0 Å². The van der Waals surface area contributed by atoms with E-state index in [1.54, 1.807) is 6.92 Å². The van der Waals surface area contributed by atoms with Gasteiger partial charge in [-0.05, 0) is 70.4 Å². The zero-order chi connectivity index (χ0) is 22.3. The summed E-state index contributed by atoms with van der Waals surface area (Å²) in [6.45, 7) is 13.5. The second kappa shape index (κ2) is 7.46. The van der Waals surface area contributed by atoms with Crippen LogP contribution in [0.5, 0.6) is 0 Å². The average molecular weight is 409 g/mol. The average Bonchev–Trinajstić information content (AvgIpc) is 2.60. The molecule has 0 radical (unpaired) electrons. The number of amides is 2. The van der Waals surface area contributed by atoms with Crippen LogP contribution >= 0.6 is 0 Å². The molecule has 5 nitrogen and oxygen atoms in total. The second-order valence-electron chi connectivity index (χ2n) is 9.90. The Hall–Kier alpha value is -2.82. The van der Waals surface area contributed by atoms with Gasteiger partial charge in [-0.1, -0.05) is 37.3 Å². The zero-order valence-corrected chi connectivity index (χ0v) is 19.0. The number of hydrogen-bond acceptors (Lipinski definition) is 3. The molecule has 1 unspecified atom stereocenters. The summed E-state index contributed by atoms with van der Waals surface area (Å²) in [4.78, 5) is 26.8. The van der Waals surface area contributed by atoms with Gasteiger partial charge in [0.1, 0.15) is 5.60 Å². The number of nitrogens with zero attached hydrogens (tertiary/aromatic N) is 1. The molecule has 160 valence electrons. The van der Waals surface area contributed by atoms with Crippen molar-refractivity contribution in [3.05, 3.63) is 59.7 Å². The maximum atomic E-state index is 12.6. The first kappa shape index (κ1) is 21.9. The number of rotatable bonds is 2. The molecular weight excluding hydrogens is 376 g/mol. The molecule has 0 aliphatic carbocycles. The molecule has 0 spiro atoms. The summed E-state index contributed by atoms with van der Waals surface area (Å²) in [5.41, 5.74) is 2.45. The zero-order valence-electron chi connectivity index (χ0n) is 19.0. The lowest BCUT2D eigenvalue weighted by Gasteiger charge is -2.51. The van der Waals surface area contributed by atoms with Gasteiger partial charge < -0.3 is 9.64 Å². The molecule has 30 heavy (non-hydrogen) atoms. The predicted molar refractivity (Wildman–Crippen MR) is 121 cm³/mol. The molecule has 1 aliphatic heterocycles. The molecule has 1 N–H and O–H groups in total. The highest BCUT2D eigenvalue weighted by atomic mass is 16.6. The van der Waals surface area contributed by atoms with Crippen LogP contribution < -0.4 is 10.2 Å². The minimum Gasteiger partial charge on any atom is -0.444 e. The van der Waals surface area contributed by atoms with Crippen LogP contribution in [0.1, 0.15) is 66.0 Å². The first-order valence-electron chi connectivity index (χ1n) is 10.3. The van der Waals surface area contributed by atoms with Crippen LogP contribution in [0.25, 0.3) is 0 Å². The van der Waals surface area contributed by atoms with Gasteiger partial charge in [-0.25, -0.2) is 4.79 Å². The van der Waals surface area contributed by atoms with Gasteiger partial charge in [0.15, 0.2) is 0 Å². The lowest BCUT2D eigenvalue weighted by Crippen LogP contribution is -2.55. The third-order valence-electron chi connectivity index (χ3n) is 5.59. The molecule has 1 aliphatic rings. The summed E-state index contributed by atoms with van der Waals surface area (Å²) in [6.07, 6.45) is 0.260. The highest BCUT2D eigenvalue weighted by molar-refractivity contribution is 5.96. The lowest BCUT2D eigenvalue weighted by atomic mass is 9.65. The van der Waals surface area contributed by atoms with E-state index in [1.165, 1.54) is 5.56 Å². The van der Waals surface area contributed by atoms with Crippen LogP contribution in [0.4, 0.5) is 16.2 Å². The number of ether oxygens (including phenoxy) is 1. The molecule has 0 saturated heterocycles. The molecule has 2 aromatic carbocycles. The molecule has 2 amide bonds. The third kappa shape index (κ3) is 4.20. The Morgan fingerprint density at radius 1 is 1.03 bits per heavy atom. The Morgan fingerprint density at radius 3 is 2.23 bits per heavy atom. The summed E-state index contributed by atoms with van der Waals surface area (Å²) in [5.74, 6) is 0.00390. The summed E-state index contributed by atoms with van der Waals surface area (Å²) in [7, 11) is 0. The van der Waals surface area contributed by atoms with E-state index in [0.717, 1.165) is 17.7 Å². The maximum Gasteiger partial charge on any atom is 0.412 e. The Kier molecular flexibility index (Phi) is 5.44. The van der Waals surface area contributed by atoms with E-state index in [-0.39, 0.29) is 16.9 Å². The van der Waals surface area contributed by atoms with Crippen LogP contribution in [-0.4, -0.2) is 23.1 Å². The lowest BCUT2D eigenvalue weighted by molar-refractivity contribution is -0.117. The van der Waals surface area contributed by atoms with Crippen molar-refractivity contribution in [2.45, 2.75) is 71.4 Å². The molecule has 0 fully saturated rings. The van der Waals surface area contributed by atoms with Crippen molar-refractivity contribution in [2.24, 2.45) is 0 Å². The minimum atomic E-state index is -0.577. The molecule has 5 heteroatoms. The molecule has 0 aromatic heterocycles. The fourth-order valence-corrected chi connectivity index (χ4v) is 4.70. The number of fused-ring (bicyclic) bond motifs is 1.